The molecule has 0 bridgehead atoms. The zero-order chi connectivity index (χ0) is 20.8. The normalized spacial score (nSPS) is 15.2. The average molecular weight is 406 g/mol. The Hall–Kier alpha value is -3.35. The highest BCUT2D eigenvalue weighted by molar-refractivity contribution is 5.98. The van der Waals surface area contributed by atoms with Gasteiger partial charge in [0, 0.05) is 42.5 Å². The fourth-order valence-corrected chi connectivity index (χ4v) is 4.26. The Morgan fingerprint density at radius 2 is 1.97 bits per heavy atom. The molecule has 30 heavy (non-hydrogen) atoms. The molecule has 0 fully saturated rings. The Bertz CT molecular complexity index is 1160. The summed E-state index contributed by atoms with van der Waals surface area (Å²) in [7, 11) is 0. The van der Waals surface area contributed by atoms with Crippen LogP contribution in [0.15, 0.2) is 42.6 Å². The van der Waals surface area contributed by atoms with Gasteiger partial charge in [-0.3, -0.25) is 9.78 Å². The minimum absolute atomic E-state index is 0.0141. The highest BCUT2D eigenvalue weighted by Gasteiger charge is 2.26. The van der Waals surface area contributed by atoms with Gasteiger partial charge in [-0.2, -0.15) is 0 Å². The minimum atomic E-state index is -2.54. The second-order valence-corrected chi connectivity index (χ2v) is 7.70. The number of amides is 1. The fraction of sp³-hybridized carbons (Fsp3) is 0.261. The largest absolute Gasteiger partial charge is 0.352 e. The molecule has 0 unspecified atom stereocenters. The van der Waals surface area contributed by atoms with Gasteiger partial charge in [-0.15, -0.1) is 0 Å². The van der Waals surface area contributed by atoms with Crippen LogP contribution in [0.1, 0.15) is 44.9 Å². The third-order valence-electron chi connectivity index (χ3n) is 5.77. The molecule has 2 aromatic heterocycles. The number of aromatic nitrogens is 2. The summed E-state index contributed by atoms with van der Waals surface area (Å²) in [4.78, 5) is 23.4. The van der Waals surface area contributed by atoms with Gasteiger partial charge >= 0.3 is 0 Å². The monoisotopic (exact) mass is 406 g/mol. The van der Waals surface area contributed by atoms with E-state index in [2.05, 4.69) is 15.2 Å². The molecule has 0 saturated carbocycles. The van der Waals surface area contributed by atoms with E-state index >= 15 is 0 Å². The molecule has 1 aromatic carbocycles. The number of benzene rings is 1. The molecule has 0 spiro atoms. The van der Waals surface area contributed by atoms with Crippen LogP contribution in [0.2, 0.25) is 0 Å². The Morgan fingerprint density at radius 3 is 2.80 bits per heavy atom. The van der Waals surface area contributed by atoms with Crippen LogP contribution in [-0.2, 0) is 19.5 Å². The number of aryl methyl sites for hydroxylation is 1. The fourth-order valence-electron chi connectivity index (χ4n) is 4.26. The summed E-state index contributed by atoms with van der Waals surface area (Å²) in [6, 6.07) is 10.4. The van der Waals surface area contributed by atoms with Crippen LogP contribution < -0.4 is 10.2 Å². The SMILES string of the molecule is Cc1cc2c(nc1N1CCc3ncc(-c4ccccc4C(F)F)cc3C1)CNC2=O. The van der Waals surface area contributed by atoms with Gasteiger partial charge in [-0.25, -0.2) is 13.8 Å². The predicted octanol–water partition coefficient (Wildman–Crippen LogP) is 4.20. The number of rotatable bonds is 3. The van der Waals surface area contributed by atoms with Crippen molar-refractivity contribution in [1.82, 2.24) is 15.3 Å². The number of halogens is 2. The third kappa shape index (κ3) is 3.10. The van der Waals surface area contributed by atoms with Crippen LogP contribution in [0, 0.1) is 6.92 Å². The first-order valence-electron chi connectivity index (χ1n) is 9.90. The lowest BCUT2D eigenvalue weighted by atomic mass is 9.97. The molecule has 152 valence electrons. The summed E-state index contributed by atoms with van der Waals surface area (Å²) >= 11 is 0. The summed E-state index contributed by atoms with van der Waals surface area (Å²) in [6.07, 6.45) is -0.101. The molecule has 0 radical (unpaired) electrons. The van der Waals surface area contributed by atoms with E-state index in [0.717, 1.165) is 41.3 Å². The van der Waals surface area contributed by atoms with E-state index in [0.29, 0.717) is 29.8 Å². The second-order valence-electron chi connectivity index (χ2n) is 7.70. The lowest BCUT2D eigenvalue weighted by molar-refractivity contribution is 0.0965. The van der Waals surface area contributed by atoms with Crippen LogP contribution in [-0.4, -0.2) is 22.4 Å². The number of anilines is 1. The number of hydrogen-bond donors (Lipinski definition) is 1. The Kier molecular flexibility index (Phi) is 4.46. The quantitative estimate of drug-likeness (QED) is 0.709. The Labute approximate surface area is 172 Å². The zero-order valence-electron chi connectivity index (χ0n) is 16.5. The van der Waals surface area contributed by atoms with E-state index in [1.807, 2.05) is 19.1 Å². The number of hydrogen-bond acceptors (Lipinski definition) is 4. The van der Waals surface area contributed by atoms with Crippen LogP contribution in [0.5, 0.6) is 0 Å². The first-order chi connectivity index (χ1) is 14.5. The van der Waals surface area contributed by atoms with Gasteiger partial charge in [0.1, 0.15) is 5.82 Å². The van der Waals surface area contributed by atoms with E-state index in [1.165, 1.54) is 6.07 Å². The van der Waals surface area contributed by atoms with Crippen molar-refractivity contribution in [3.63, 3.8) is 0 Å². The smallest absolute Gasteiger partial charge is 0.264 e. The van der Waals surface area contributed by atoms with Crippen molar-refractivity contribution < 1.29 is 13.6 Å². The first-order valence-corrected chi connectivity index (χ1v) is 9.90. The lowest BCUT2D eigenvalue weighted by Crippen LogP contribution is -2.32. The van der Waals surface area contributed by atoms with Crippen molar-refractivity contribution in [2.24, 2.45) is 0 Å². The number of carbonyl (C=O) groups is 1. The van der Waals surface area contributed by atoms with E-state index in [1.54, 1.807) is 24.4 Å². The maximum atomic E-state index is 13.5. The summed E-state index contributed by atoms with van der Waals surface area (Å²) in [5.74, 6) is 0.775. The molecule has 4 heterocycles. The van der Waals surface area contributed by atoms with Gasteiger partial charge < -0.3 is 10.2 Å². The van der Waals surface area contributed by atoms with Crippen molar-refractivity contribution in [2.45, 2.75) is 32.9 Å². The molecular weight excluding hydrogens is 386 g/mol. The predicted molar refractivity (Wildman–Crippen MR) is 110 cm³/mol. The van der Waals surface area contributed by atoms with Crippen LogP contribution in [0.25, 0.3) is 11.1 Å². The van der Waals surface area contributed by atoms with Crippen molar-refractivity contribution in [1.29, 1.82) is 0 Å². The summed E-state index contributed by atoms with van der Waals surface area (Å²) in [5.41, 5.74) is 5.57. The third-order valence-corrected chi connectivity index (χ3v) is 5.77. The first kappa shape index (κ1) is 18.7. The molecule has 1 amide bonds. The van der Waals surface area contributed by atoms with Gasteiger partial charge in [-0.1, -0.05) is 24.3 Å². The Morgan fingerprint density at radius 1 is 1.13 bits per heavy atom. The number of nitrogens with one attached hydrogen (secondary N) is 1. The van der Waals surface area contributed by atoms with Crippen LogP contribution >= 0.6 is 0 Å². The maximum Gasteiger partial charge on any atom is 0.264 e. The number of alkyl halides is 2. The number of carbonyl (C=O) groups excluding carboxylic acids is 1. The summed E-state index contributed by atoms with van der Waals surface area (Å²) in [6.45, 7) is 3.77. The maximum absolute atomic E-state index is 13.5. The molecular formula is C23H20F2N4O. The van der Waals surface area contributed by atoms with Crippen molar-refractivity contribution in [3.8, 4) is 11.1 Å². The minimum Gasteiger partial charge on any atom is -0.352 e. The molecule has 0 atom stereocenters. The molecule has 5 nitrogen and oxygen atoms in total. The van der Waals surface area contributed by atoms with Gasteiger partial charge in [0.05, 0.1) is 17.8 Å². The molecule has 0 saturated heterocycles. The van der Waals surface area contributed by atoms with Crippen molar-refractivity contribution in [3.05, 3.63) is 76.2 Å². The van der Waals surface area contributed by atoms with E-state index in [4.69, 9.17) is 4.98 Å². The molecule has 0 aliphatic carbocycles. The summed E-state index contributed by atoms with van der Waals surface area (Å²) < 4.78 is 26.9. The number of fused-ring (bicyclic) bond motifs is 2. The number of pyridine rings is 2. The van der Waals surface area contributed by atoms with Crippen molar-refractivity contribution >= 4 is 11.7 Å². The van der Waals surface area contributed by atoms with Crippen molar-refractivity contribution in [2.75, 3.05) is 11.4 Å². The molecule has 5 rings (SSSR count). The van der Waals surface area contributed by atoms with Gasteiger partial charge in [-0.05, 0) is 35.7 Å². The van der Waals surface area contributed by atoms with E-state index in [9.17, 15) is 13.6 Å². The second kappa shape index (κ2) is 7.16. The average Bonchev–Trinajstić information content (AvgIpc) is 3.12. The van der Waals surface area contributed by atoms with E-state index < -0.39 is 6.43 Å². The topological polar surface area (TPSA) is 58.1 Å². The van der Waals surface area contributed by atoms with E-state index in [-0.39, 0.29) is 11.5 Å². The van der Waals surface area contributed by atoms with Gasteiger partial charge in [0.2, 0.25) is 0 Å². The standard InChI is InChI=1S/C23H20F2N4O/c1-13-8-18-20(11-27-23(18)30)28-22(13)29-7-6-19-15(12-29)9-14(10-26-19)16-4-2-3-5-17(16)21(24)25/h2-5,8-10,21H,6-7,11-12H2,1H3,(H,27,30). The zero-order valence-corrected chi connectivity index (χ0v) is 16.5. The molecule has 2 aliphatic rings. The summed E-state index contributed by atoms with van der Waals surface area (Å²) in [5, 5.41) is 2.81. The molecule has 3 aromatic rings. The highest BCUT2D eigenvalue weighted by atomic mass is 19.3. The molecule has 1 N–H and O–H groups in total. The van der Waals surface area contributed by atoms with Gasteiger partial charge in [0.15, 0.2) is 0 Å². The molecule has 2 aliphatic heterocycles. The van der Waals surface area contributed by atoms with Crippen LogP contribution in [0.3, 0.4) is 0 Å². The number of nitrogens with zero attached hydrogens (tertiary/aromatic N) is 3. The lowest BCUT2D eigenvalue weighted by Gasteiger charge is -2.31. The molecule has 7 heteroatoms. The van der Waals surface area contributed by atoms with Gasteiger partial charge in [0.25, 0.3) is 12.3 Å². The van der Waals surface area contributed by atoms with Crippen LogP contribution in [0.4, 0.5) is 14.6 Å². The highest BCUT2D eigenvalue weighted by Crippen LogP contribution is 2.33. The Balaban J connectivity index is 1.49.